The predicted molar refractivity (Wildman–Crippen MR) is 90.7 cm³/mol. The molecule has 0 amide bonds. The molecule has 0 bridgehead atoms. The summed E-state index contributed by atoms with van der Waals surface area (Å²) in [6.45, 7) is 12.4. The normalized spacial score (nSPS) is 24.0. The van der Waals surface area contributed by atoms with Crippen molar-refractivity contribution in [2.24, 2.45) is 5.92 Å². The smallest absolute Gasteiger partial charge is 0.115 e. The van der Waals surface area contributed by atoms with Gasteiger partial charge in [-0.1, -0.05) is 13.8 Å². The monoisotopic (exact) mass is 321 g/mol. The highest BCUT2D eigenvalue weighted by Crippen LogP contribution is 2.25. The van der Waals surface area contributed by atoms with E-state index in [-0.39, 0.29) is 5.41 Å². The minimum Gasteiger partial charge on any atom is -0.381 e. The first kappa shape index (κ1) is 16.9. The number of rotatable bonds is 6. The lowest BCUT2D eigenvalue weighted by Crippen LogP contribution is -2.44. The Bertz CT molecular complexity index is 474. The highest BCUT2D eigenvalue weighted by atomic mass is 16.5. The van der Waals surface area contributed by atoms with Crippen LogP contribution in [0, 0.1) is 5.92 Å². The van der Waals surface area contributed by atoms with Crippen LogP contribution < -0.4 is 0 Å². The van der Waals surface area contributed by atoms with Crippen LogP contribution in [0.1, 0.15) is 38.9 Å². The molecule has 5 heteroatoms. The largest absolute Gasteiger partial charge is 0.381 e. The summed E-state index contributed by atoms with van der Waals surface area (Å²) in [4.78, 5) is 7.19. The van der Waals surface area contributed by atoms with Gasteiger partial charge in [0.1, 0.15) is 5.82 Å². The number of hydrogen-bond donors (Lipinski definition) is 0. The summed E-state index contributed by atoms with van der Waals surface area (Å²) in [6.07, 6.45) is 7.80. The molecule has 0 aromatic carbocycles. The van der Waals surface area contributed by atoms with Crippen molar-refractivity contribution in [3.8, 4) is 0 Å². The van der Waals surface area contributed by atoms with Gasteiger partial charge in [0.15, 0.2) is 0 Å². The molecular weight excluding hydrogens is 290 g/mol. The third-order valence-corrected chi connectivity index (χ3v) is 5.08. The van der Waals surface area contributed by atoms with Gasteiger partial charge in [0.25, 0.3) is 0 Å². The number of hydrogen-bond acceptors (Lipinski definition) is 4. The summed E-state index contributed by atoms with van der Waals surface area (Å²) in [6, 6.07) is 0. The van der Waals surface area contributed by atoms with Crippen LogP contribution in [-0.4, -0.2) is 60.5 Å². The van der Waals surface area contributed by atoms with Crippen molar-refractivity contribution >= 4 is 0 Å². The van der Waals surface area contributed by atoms with E-state index in [0.717, 1.165) is 52.6 Å². The number of aromatic nitrogens is 2. The molecule has 23 heavy (non-hydrogen) atoms. The summed E-state index contributed by atoms with van der Waals surface area (Å²) in [5.74, 6) is 1.92. The van der Waals surface area contributed by atoms with Gasteiger partial charge < -0.3 is 14.0 Å². The Morgan fingerprint density at radius 3 is 2.78 bits per heavy atom. The van der Waals surface area contributed by atoms with Crippen molar-refractivity contribution in [2.45, 2.75) is 45.1 Å². The van der Waals surface area contributed by atoms with Gasteiger partial charge in [0.2, 0.25) is 0 Å². The second kappa shape index (κ2) is 7.77. The maximum Gasteiger partial charge on any atom is 0.115 e. The molecule has 1 aromatic rings. The molecule has 3 rings (SSSR count). The maximum absolute atomic E-state index is 5.61. The van der Waals surface area contributed by atoms with Gasteiger partial charge in [-0.05, 0) is 25.2 Å². The lowest BCUT2D eigenvalue weighted by Gasteiger charge is -2.34. The van der Waals surface area contributed by atoms with Crippen molar-refractivity contribution in [1.82, 2.24) is 14.5 Å². The highest BCUT2D eigenvalue weighted by molar-refractivity contribution is 5.08. The highest BCUT2D eigenvalue weighted by Gasteiger charge is 2.29. The summed E-state index contributed by atoms with van der Waals surface area (Å²) in [5.41, 5.74) is 0.0594. The molecule has 0 aliphatic carbocycles. The van der Waals surface area contributed by atoms with Crippen molar-refractivity contribution in [3.05, 3.63) is 18.2 Å². The van der Waals surface area contributed by atoms with E-state index in [4.69, 9.17) is 14.5 Å². The first-order valence-electron chi connectivity index (χ1n) is 9.04. The Morgan fingerprint density at radius 1 is 1.22 bits per heavy atom. The summed E-state index contributed by atoms with van der Waals surface area (Å²) < 4.78 is 13.4. The van der Waals surface area contributed by atoms with E-state index in [1.54, 1.807) is 0 Å². The molecule has 2 fully saturated rings. The van der Waals surface area contributed by atoms with Crippen molar-refractivity contribution in [2.75, 3.05) is 46.1 Å². The van der Waals surface area contributed by atoms with Crippen LogP contribution >= 0.6 is 0 Å². The van der Waals surface area contributed by atoms with Crippen molar-refractivity contribution in [1.29, 1.82) is 0 Å². The minimum atomic E-state index is 0.0594. The standard InChI is InChI=1S/C18H31N3O2/c1-18(2,15-20-9-12-22-13-10-20)17-19-6-8-21(17)7-5-16-4-3-11-23-14-16/h6,8,16H,3-5,7,9-15H2,1-2H3. The zero-order valence-electron chi connectivity index (χ0n) is 14.7. The van der Waals surface area contributed by atoms with E-state index in [1.165, 1.54) is 25.1 Å². The van der Waals surface area contributed by atoms with Gasteiger partial charge in [-0.25, -0.2) is 4.98 Å². The van der Waals surface area contributed by atoms with E-state index in [9.17, 15) is 0 Å². The number of imidazole rings is 1. The van der Waals surface area contributed by atoms with Crippen LogP contribution in [-0.2, 0) is 21.4 Å². The van der Waals surface area contributed by atoms with E-state index < -0.39 is 0 Å². The molecule has 2 aliphatic rings. The van der Waals surface area contributed by atoms with Gasteiger partial charge in [-0.15, -0.1) is 0 Å². The topological polar surface area (TPSA) is 39.5 Å². The maximum atomic E-state index is 5.61. The minimum absolute atomic E-state index is 0.0594. The molecular formula is C18H31N3O2. The van der Waals surface area contributed by atoms with E-state index >= 15 is 0 Å². The quantitative estimate of drug-likeness (QED) is 0.806. The molecule has 0 spiro atoms. The van der Waals surface area contributed by atoms with Crippen LogP contribution in [0.25, 0.3) is 0 Å². The van der Waals surface area contributed by atoms with E-state index in [2.05, 4.69) is 29.5 Å². The van der Waals surface area contributed by atoms with Crippen LogP contribution in [0.4, 0.5) is 0 Å². The Hall–Kier alpha value is -0.910. The Morgan fingerprint density at radius 2 is 2.04 bits per heavy atom. The van der Waals surface area contributed by atoms with Gasteiger partial charge in [0, 0.05) is 57.2 Å². The molecule has 2 aliphatic heterocycles. The zero-order chi connectivity index (χ0) is 16.1. The molecule has 2 saturated heterocycles. The second-order valence-electron chi connectivity index (χ2n) is 7.59. The lowest BCUT2D eigenvalue weighted by molar-refractivity contribution is 0.0285. The predicted octanol–water partition coefficient (Wildman–Crippen LogP) is 2.31. The summed E-state index contributed by atoms with van der Waals surface area (Å²) >= 11 is 0. The van der Waals surface area contributed by atoms with E-state index in [1.807, 2.05) is 6.20 Å². The Labute approximate surface area is 140 Å². The first-order valence-corrected chi connectivity index (χ1v) is 9.04. The Kier molecular flexibility index (Phi) is 5.72. The number of morpholine rings is 1. The van der Waals surface area contributed by atoms with E-state index in [0.29, 0.717) is 5.92 Å². The van der Waals surface area contributed by atoms with Crippen LogP contribution in [0.2, 0.25) is 0 Å². The zero-order valence-corrected chi connectivity index (χ0v) is 14.7. The second-order valence-corrected chi connectivity index (χ2v) is 7.59. The average molecular weight is 321 g/mol. The SMILES string of the molecule is CC(C)(CN1CCOCC1)c1nccn1CCC1CCCOC1. The van der Waals surface area contributed by atoms with Crippen molar-refractivity contribution < 1.29 is 9.47 Å². The number of ether oxygens (including phenoxy) is 2. The molecule has 1 aromatic heterocycles. The fourth-order valence-electron chi connectivity index (χ4n) is 3.82. The van der Waals surface area contributed by atoms with Gasteiger partial charge in [0.05, 0.1) is 13.2 Å². The van der Waals surface area contributed by atoms with Crippen LogP contribution in [0.15, 0.2) is 12.4 Å². The van der Waals surface area contributed by atoms with Gasteiger partial charge in [-0.2, -0.15) is 0 Å². The molecule has 0 radical (unpaired) electrons. The fraction of sp³-hybridized carbons (Fsp3) is 0.833. The average Bonchev–Trinajstić information content (AvgIpc) is 3.04. The Balaban J connectivity index is 1.59. The molecule has 130 valence electrons. The van der Waals surface area contributed by atoms with Gasteiger partial charge in [-0.3, -0.25) is 4.90 Å². The fourth-order valence-corrected chi connectivity index (χ4v) is 3.82. The lowest BCUT2D eigenvalue weighted by atomic mass is 9.91. The number of nitrogens with zero attached hydrogens (tertiary/aromatic N) is 3. The molecule has 3 heterocycles. The summed E-state index contributed by atoms with van der Waals surface area (Å²) in [7, 11) is 0. The van der Waals surface area contributed by atoms with Crippen LogP contribution in [0.5, 0.6) is 0 Å². The summed E-state index contributed by atoms with van der Waals surface area (Å²) in [5, 5.41) is 0. The van der Waals surface area contributed by atoms with Crippen molar-refractivity contribution in [3.63, 3.8) is 0 Å². The van der Waals surface area contributed by atoms with Crippen LogP contribution in [0.3, 0.4) is 0 Å². The molecule has 1 unspecified atom stereocenters. The molecule has 1 atom stereocenters. The first-order chi connectivity index (χ1) is 11.1. The third-order valence-electron chi connectivity index (χ3n) is 5.08. The number of aryl methyl sites for hydroxylation is 1. The molecule has 0 saturated carbocycles. The molecule has 5 nitrogen and oxygen atoms in total. The molecule has 0 N–H and O–H groups in total. The van der Waals surface area contributed by atoms with Gasteiger partial charge >= 0.3 is 0 Å². The third kappa shape index (κ3) is 4.55.